The summed E-state index contributed by atoms with van der Waals surface area (Å²) in [7, 11) is 1.78. The average molecular weight is 359 g/mol. The summed E-state index contributed by atoms with van der Waals surface area (Å²) in [5.41, 5.74) is 3.12. The lowest BCUT2D eigenvalue weighted by atomic mass is 10.0. The lowest BCUT2D eigenvalue weighted by Gasteiger charge is -2.23. The quantitative estimate of drug-likeness (QED) is 0.852. The van der Waals surface area contributed by atoms with E-state index in [4.69, 9.17) is 11.6 Å². The van der Waals surface area contributed by atoms with Crippen LogP contribution in [0.5, 0.6) is 0 Å². The zero-order chi connectivity index (χ0) is 18.4. The van der Waals surface area contributed by atoms with E-state index in [0.717, 1.165) is 16.7 Å². The lowest BCUT2D eigenvalue weighted by Crippen LogP contribution is -2.33. The number of halogens is 1. The molecule has 5 heteroatoms. The van der Waals surface area contributed by atoms with E-state index in [2.05, 4.69) is 5.32 Å². The maximum Gasteiger partial charge on any atom is 0.225 e. The number of benzene rings is 2. The van der Waals surface area contributed by atoms with Gasteiger partial charge >= 0.3 is 0 Å². The van der Waals surface area contributed by atoms with Gasteiger partial charge in [-0.25, -0.2) is 0 Å². The summed E-state index contributed by atoms with van der Waals surface area (Å²) in [5.74, 6) is -0.203. The summed E-state index contributed by atoms with van der Waals surface area (Å²) in [6.45, 7) is 4.02. The van der Waals surface area contributed by atoms with E-state index in [9.17, 15) is 9.59 Å². The minimum absolute atomic E-state index is 0.0306. The third-order valence-electron chi connectivity index (χ3n) is 4.12. The predicted molar refractivity (Wildman–Crippen MR) is 100 cm³/mol. The van der Waals surface area contributed by atoms with Crippen LogP contribution in [0.4, 0.5) is 0 Å². The van der Waals surface area contributed by atoms with Gasteiger partial charge in [0.05, 0.1) is 12.5 Å². The first-order valence-electron chi connectivity index (χ1n) is 8.18. The second-order valence-electron chi connectivity index (χ2n) is 6.19. The van der Waals surface area contributed by atoms with Gasteiger partial charge in [-0.15, -0.1) is 0 Å². The molecule has 0 bridgehead atoms. The second-order valence-corrected chi connectivity index (χ2v) is 6.62. The van der Waals surface area contributed by atoms with E-state index >= 15 is 0 Å². The molecule has 0 aliphatic rings. The van der Waals surface area contributed by atoms with Crippen LogP contribution in [0.25, 0.3) is 0 Å². The van der Waals surface area contributed by atoms with E-state index in [0.29, 0.717) is 11.6 Å². The molecular formula is C20H23ClN2O2. The molecule has 2 rings (SSSR count). The standard InChI is InChI=1S/C20H23ClN2O2/c1-14-6-4-5-7-17(14)13-23(3)20(25)12-19(22-15(2)24)16-8-10-18(21)11-9-16/h4-11,19H,12-13H2,1-3H3,(H,22,24). The van der Waals surface area contributed by atoms with Crippen molar-refractivity contribution in [1.82, 2.24) is 10.2 Å². The highest BCUT2D eigenvalue weighted by Crippen LogP contribution is 2.21. The molecule has 1 unspecified atom stereocenters. The Balaban J connectivity index is 2.09. The topological polar surface area (TPSA) is 49.4 Å². The van der Waals surface area contributed by atoms with Crippen LogP contribution in [0.1, 0.15) is 36.1 Å². The Kier molecular flexibility index (Phi) is 6.59. The number of hydrogen-bond donors (Lipinski definition) is 1. The summed E-state index contributed by atoms with van der Waals surface area (Å²) in [5, 5.41) is 3.47. The third-order valence-corrected chi connectivity index (χ3v) is 4.38. The first kappa shape index (κ1) is 19.0. The van der Waals surface area contributed by atoms with Crippen molar-refractivity contribution in [3.05, 3.63) is 70.2 Å². The van der Waals surface area contributed by atoms with Crippen LogP contribution < -0.4 is 5.32 Å². The van der Waals surface area contributed by atoms with Gasteiger partial charge in [0.15, 0.2) is 0 Å². The summed E-state index contributed by atoms with van der Waals surface area (Å²) in [6, 6.07) is 14.8. The van der Waals surface area contributed by atoms with Gasteiger partial charge in [-0.2, -0.15) is 0 Å². The molecule has 0 aliphatic carbocycles. The molecule has 0 aromatic heterocycles. The highest BCUT2D eigenvalue weighted by molar-refractivity contribution is 6.30. The fourth-order valence-corrected chi connectivity index (χ4v) is 2.78. The monoisotopic (exact) mass is 358 g/mol. The number of nitrogens with one attached hydrogen (secondary N) is 1. The average Bonchev–Trinajstić information content (AvgIpc) is 2.56. The van der Waals surface area contributed by atoms with Crippen LogP contribution in [-0.2, 0) is 16.1 Å². The molecule has 0 heterocycles. The predicted octanol–water partition coefficient (Wildman–Crippen LogP) is 3.87. The smallest absolute Gasteiger partial charge is 0.225 e. The van der Waals surface area contributed by atoms with Gasteiger partial charge in [0.1, 0.15) is 0 Å². The van der Waals surface area contributed by atoms with E-state index in [-0.39, 0.29) is 24.3 Å². The van der Waals surface area contributed by atoms with Crippen molar-refractivity contribution in [3.8, 4) is 0 Å². The van der Waals surface area contributed by atoms with Gasteiger partial charge in [0.25, 0.3) is 0 Å². The number of rotatable bonds is 6. The van der Waals surface area contributed by atoms with Crippen LogP contribution in [0.15, 0.2) is 48.5 Å². The van der Waals surface area contributed by atoms with Crippen molar-refractivity contribution >= 4 is 23.4 Å². The molecule has 0 spiro atoms. The number of aryl methyl sites for hydroxylation is 1. The Hall–Kier alpha value is -2.33. The van der Waals surface area contributed by atoms with Crippen LogP contribution in [0.3, 0.4) is 0 Å². The van der Waals surface area contributed by atoms with Crippen LogP contribution in [0.2, 0.25) is 5.02 Å². The normalized spacial score (nSPS) is 11.7. The maximum absolute atomic E-state index is 12.6. The van der Waals surface area contributed by atoms with Crippen molar-refractivity contribution in [2.24, 2.45) is 0 Å². The number of carbonyl (C=O) groups is 2. The first-order chi connectivity index (χ1) is 11.9. The summed E-state index contributed by atoms with van der Waals surface area (Å²) in [6.07, 6.45) is 0.198. The van der Waals surface area contributed by atoms with E-state index < -0.39 is 0 Å². The Bertz CT molecular complexity index is 744. The van der Waals surface area contributed by atoms with Gasteiger partial charge < -0.3 is 10.2 Å². The van der Waals surface area contributed by atoms with Gasteiger partial charge in [0.2, 0.25) is 11.8 Å². The second kappa shape index (κ2) is 8.67. The number of nitrogens with zero attached hydrogens (tertiary/aromatic N) is 1. The Labute approximate surface area is 153 Å². The molecule has 2 aromatic carbocycles. The van der Waals surface area contributed by atoms with Gasteiger partial charge in [-0.05, 0) is 35.7 Å². The molecular weight excluding hydrogens is 336 g/mol. The van der Waals surface area contributed by atoms with E-state index in [1.807, 2.05) is 43.3 Å². The first-order valence-corrected chi connectivity index (χ1v) is 8.55. The van der Waals surface area contributed by atoms with Crippen molar-refractivity contribution in [2.75, 3.05) is 7.05 Å². The fraction of sp³-hybridized carbons (Fsp3) is 0.300. The Morgan fingerprint density at radius 1 is 1.12 bits per heavy atom. The van der Waals surface area contributed by atoms with Crippen molar-refractivity contribution < 1.29 is 9.59 Å². The summed E-state index contributed by atoms with van der Waals surface area (Å²) in [4.78, 5) is 25.8. The van der Waals surface area contributed by atoms with Crippen LogP contribution in [-0.4, -0.2) is 23.8 Å². The molecule has 2 amide bonds. The molecule has 2 aromatic rings. The summed E-state index contributed by atoms with van der Waals surface area (Å²) < 4.78 is 0. The molecule has 0 saturated carbocycles. The molecule has 0 radical (unpaired) electrons. The van der Waals surface area contributed by atoms with Crippen molar-refractivity contribution in [1.29, 1.82) is 0 Å². The minimum Gasteiger partial charge on any atom is -0.349 e. The SMILES string of the molecule is CC(=O)NC(CC(=O)N(C)Cc1ccccc1C)c1ccc(Cl)cc1. The molecule has 132 valence electrons. The van der Waals surface area contributed by atoms with Crippen molar-refractivity contribution in [2.45, 2.75) is 32.9 Å². The van der Waals surface area contributed by atoms with Gasteiger partial charge in [-0.3, -0.25) is 9.59 Å². The van der Waals surface area contributed by atoms with Crippen LogP contribution >= 0.6 is 11.6 Å². The Morgan fingerprint density at radius 3 is 2.36 bits per heavy atom. The number of hydrogen-bond acceptors (Lipinski definition) is 2. The van der Waals surface area contributed by atoms with E-state index in [1.165, 1.54) is 6.92 Å². The molecule has 4 nitrogen and oxygen atoms in total. The molecule has 25 heavy (non-hydrogen) atoms. The molecule has 0 saturated heterocycles. The van der Waals surface area contributed by atoms with Crippen LogP contribution in [0, 0.1) is 6.92 Å². The lowest BCUT2D eigenvalue weighted by molar-refractivity contribution is -0.131. The molecule has 1 N–H and O–H groups in total. The minimum atomic E-state index is -0.374. The number of carbonyl (C=O) groups excluding carboxylic acids is 2. The largest absolute Gasteiger partial charge is 0.349 e. The molecule has 0 aliphatic heterocycles. The fourth-order valence-electron chi connectivity index (χ4n) is 2.65. The maximum atomic E-state index is 12.6. The highest BCUT2D eigenvalue weighted by Gasteiger charge is 2.20. The highest BCUT2D eigenvalue weighted by atomic mass is 35.5. The van der Waals surface area contributed by atoms with Gasteiger partial charge in [0, 0.05) is 25.5 Å². The zero-order valence-electron chi connectivity index (χ0n) is 14.8. The van der Waals surface area contributed by atoms with E-state index in [1.54, 1.807) is 24.1 Å². The zero-order valence-corrected chi connectivity index (χ0v) is 15.5. The molecule has 1 atom stereocenters. The third kappa shape index (κ3) is 5.61. The molecule has 0 fully saturated rings. The summed E-state index contributed by atoms with van der Waals surface area (Å²) >= 11 is 5.92. The Morgan fingerprint density at radius 2 is 1.76 bits per heavy atom. The number of amides is 2. The van der Waals surface area contributed by atoms with Crippen molar-refractivity contribution in [3.63, 3.8) is 0 Å². The van der Waals surface area contributed by atoms with Gasteiger partial charge in [-0.1, -0.05) is 48.0 Å².